The quantitative estimate of drug-likeness (QED) is 0.592. The summed E-state index contributed by atoms with van der Waals surface area (Å²) >= 11 is 0. The molecule has 2 saturated carbocycles. The van der Waals surface area contributed by atoms with E-state index in [0.717, 1.165) is 23.8 Å². The highest BCUT2D eigenvalue weighted by Crippen LogP contribution is 2.51. The number of allylic oxidation sites excluding steroid dienone is 1. The Hall–Kier alpha value is -0.300. The molecular formula is C16H29N. The van der Waals surface area contributed by atoms with Gasteiger partial charge in [0.1, 0.15) is 0 Å². The van der Waals surface area contributed by atoms with Gasteiger partial charge in [0.05, 0.1) is 0 Å². The van der Waals surface area contributed by atoms with Gasteiger partial charge < -0.3 is 5.32 Å². The average molecular weight is 235 g/mol. The van der Waals surface area contributed by atoms with Gasteiger partial charge in [-0.15, -0.1) is 6.58 Å². The summed E-state index contributed by atoms with van der Waals surface area (Å²) in [6.45, 7) is 9.69. The van der Waals surface area contributed by atoms with Crippen LogP contribution < -0.4 is 5.32 Å². The Labute approximate surface area is 107 Å². The van der Waals surface area contributed by atoms with Crippen LogP contribution in [0.15, 0.2) is 12.2 Å². The van der Waals surface area contributed by atoms with Crippen LogP contribution in [0.1, 0.15) is 58.8 Å². The van der Waals surface area contributed by atoms with Crippen LogP contribution >= 0.6 is 0 Å². The van der Waals surface area contributed by atoms with Crippen molar-refractivity contribution >= 4 is 0 Å². The zero-order valence-corrected chi connectivity index (χ0v) is 11.7. The lowest BCUT2D eigenvalue weighted by molar-refractivity contribution is 0.270. The highest BCUT2D eigenvalue weighted by atomic mass is 14.9. The van der Waals surface area contributed by atoms with E-state index in [1.165, 1.54) is 57.1 Å². The van der Waals surface area contributed by atoms with Crippen LogP contribution in [-0.2, 0) is 0 Å². The molecule has 1 N–H and O–H groups in total. The SMILES string of the molecule is C=C(C)CCC(NCCC)C(C1CC1)C1CC1. The van der Waals surface area contributed by atoms with E-state index in [0.29, 0.717) is 0 Å². The Bertz CT molecular complexity index is 238. The zero-order valence-electron chi connectivity index (χ0n) is 11.7. The second kappa shape index (κ2) is 6.04. The molecule has 0 aliphatic heterocycles. The van der Waals surface area contributed by atoms with E-state index in [1.54, 1.807) is 0 Å². The molecule has 2 rings (SSSR count). The maximum atomic E-state index is 4.06. The van der Waals surface area contributed by atoms with Crippen molar-refractivity contribution < 1.29 is 0 Å². The first-order chi connectivity index (χ1) is 8.22. The third kappa shape index (κ3) is 4.13. The van der Waals surface area contributed by atoms with Crippen molar-refractivity contribution in [3.05, 3.63) is 12.2 Å². The number of hydrogen-bond acceptors (Lipinski definition) is 1. The van der Waals surface area contributed by atoms with Crippen molar-refractivity contribution in [3.8, 4) is 0 Å². The molecule has 0 amide bonds. The Morgan fingerprint density at radius 1 is 1.24 bits per heavy atom. The molecule has 2 fully saturated rings. The Morgan fingerprint density at radius 3 is 2.24 bits per heavy atom. The molecule has 0 radical (unpaired) electrons. The molecule has 2 aliphatic carbocycles. The van der Waals surface area contributed by atoms with Crippen molar-refractivity contribution in [2.45, 2.75) is 64.8 Å². The van der Waals surface area contributed by atoms with Crippen molar-refractivity contribution in [3.63, 3.8) is 0 Å². The summed E-state index contributed by atoms with van der Waals surface area (Å²) in [5.41, 5.74) is 1.35. The van der Waals surface area contributed by atoms with Gasteiger partial charge in [0.15, 0.2) is 0 Å². The van der Waals surface area contributed by atoms with Crippen molar-refractivity contribution in [2.75, 3.05) is 6.54 Å². The van der Waals surface area contributed by atoms with E-state index < -0.39 is 0 Å². The summed E-state index contributed by atoms with van der Waals surface area (Å²) in [5.74, 6) is 3.10. The molecule has 1 nitrogen and oxygen atoms in total. The van der Waals surface area contributed by atoms with Crippen LogP contribution in [0.25, 0.3) is 0 Å². The van der Waals surface area contributed by atoms with Gasteiger partial charge in [0, 0.05) is 6.04 Å². The van der Waals surface area contributed by atoms with E-state index in [4.69, 9.17) is 0 Å². The van der Waals surface area contributed by atoms with E-state index in [2.05, 4.69) is 25.7 Å². The summed E-state index contributed by atoms with van der Waals surface area (Å²) in [4.78, 5) is 0. The van der Waals surface area contributed by atoms with Crippen LogP contribution in [0.2, 0.25) is 0 Å². The maximum Gasteiger partial charge on any atom is 0.0104 e. The predicted octanol–water partition coefficient (Wildman–Crippen LogP) is 4.15. The highest BCUT2D eigenvalue weighted by Gasteiger charge is 2.44. The van der Waals surface area contributed by atoms with Crippen molar-refractivity contribution in [2.24, 2.45) is 17.8 Å². The monoisotopic (exact) mass is 235 g/mol. The largest absolute Gasteiger partial charge is 0.314 e. The first-order valence-electron chi connectivity index (χ1n) is 7.60. The number of nitrogens with one attached hydrogen (secondary N) is 1. The summed E-state index contributed by atoms with van der Waals surface area (Å²) in [6, 6.07) is 0.770. The smallest absolute Gasteiger partial charge is 0.0104 e. The zero-order chi connectivity index (χ0) is 12.3. The molecule has 0 aromatic carbocycles. The van der Waals surface area contributed by atoms with Gasteiger partial charge in [-0.3, -0.25) is 0 Å². The molecule has 2 aliphatic rings. The van der Waals surface area contributed by atoms with Gasteiger partial charge in [-0.1, -0.05) is 12.5 Å². The summed E-state index contributed by atoms with van der Waals surface area (Å²) in [7, 11) is 0. The molecule has 0 aromatic heterocycles. The normalized spacial score (nSPS) is 21.8. The predicted molar refractivity (Wildman–Crippen MR) is 75.1 cm³/mol. The molecule has 0 heterocycles. The third-order valence-electron chi connectivity index (χ3n) is 4.34. The van der Waals surface area contributed by atoms with E-state index in [-0.39, 0.29) is 0 Å². The van der Waals surface area contributed by atoms with Crippen LogP contribution in [0, 0.1) is 17.8 Å². The van der Waals surface area contributed by atoms with Crippen molar-refractivity contribution in [1.82, 2.24) is 5.32 Å². The fourth-order valence-corrected chi connectivity index (χ4v) is 3.17. The highest BCUT2D eigenvalue weighted by molar-refractivity contribution is 4.99. The van der Waals surface area contributed by atoms with Gasteiger partial charge in [-0.05, 0) is 76.2 Å². The molecule has 98 valence electrons. The number of rotatable bonds is 9. The van der Waals surface area contributed by atoms with Crippen molar-refractivity contribution in [1.29, 1.82) is 0 Å². The van der Waals surface area contributed by atoms with Crippen LogP contribution in [0.4, 0.5) is 0 Å². The Morgan fingerprint density at radius 2 is 1.82 bits per heavy atom. The fourth-order valence-electron chi connectivity index (χ4n) is 3.17. The first-order valence-corrected chi connectivity index (χ1v) is 7.60. The lowest BCUT2D eigenvalue weighted by Crippen LogP contribution is -2.39. The topological polar surface area (TPSA) is 12.0 Å². The molecule has 1 unspecified atom stereocenters. The minimum absolute atomic E-state index is 0.770. The molecule has 0 bridgehead atoms. The minimum Gasteiger partial charge on any atom is -0.314 e. The standard InChI is InChI=1S/C16H29N/c1-4-11-17-15(10-5-12(2)3)16(13-6-7-13)14-8-9-14/h13-17H,2,4-11H2,1,3H3. The molecule has 0 spiro atoms. The number of hydrogen-bond donors (Lipinski definition) is 1. The van der Waals surface area contributed by atoms with E-state index >= 15 is 0 Å². The van der Waals surface area contributed by atoms with Gasteiger partial charge in [0.2, 0.25) is 0 Å². The van der Waals surface area contributed by atoms with Gasteiger partial charge >= 0.3 is 0 Å². The average Bonchev–Trinajstić information content (AvgIpc) is 3.14. The molecular weight excluding hydrogens is 206 g/mol. The van der Waals surface area contributed by atoms with E-state index in [9.17, 15) is 0 Å². The lowest BCUT2D eigenvalue weighted by Gasteiger charge is -2.28. The summed E-state index contributed by atoms with van der Waals surface area (Å²) < 4.78 is 0. The van der Waals surface area contributed by atoms with Crippen LogP contribution in [0.5, 0.6) is 0 Å². The molecule has 0 saturated heterocycles. The van der Waals surface area contributed by atoms with Crippen LogP contribution in [-0.4, -0.2) is 12.6 Å². The molecule has 17 heavy (non-hydrogen) atoms. The summed E-state index contributed by atoms with van der Waals surface area (Å²) in [5, 5.41) is 3.83. The maximum absolute atomic E-state index is 4.06. The molecule has 0 aromatic rings. The second-order valence-electron chi connectivity index (χ2n) is 6.31. The van der Waals surface area contributed by atoms with E-state index in [1.807, 2.05) is 0 Å². The summed E-state index contributed by atoms with van der Waals surface area (Å²) in [6.07, 6.45) is 9.77. The lowest BCUT2D eigenvalue weighted by atomic mass is 9.86. The Balaban J connectivity index is 1.88. The second-order valence-corrected chi connectivity index (χ2v) is 6.31. The van der Waals surface area contributed by atoms with Gasteiger partial charge in [-0.25, -0.2) is 0 Å². The minimum atomic E-state index is 0.770. The van der Waals surface area contributed by atoms with Gasteiger partial charge in [0.25, 0.3) is 0 Å². The molecule has 1 heteroatoms. The fraction of sp³-hybridized carbons (Fsp3) is 0.875. The van der Waals surface area contributed by atoms with Crippen LogP contribution in [0.3, 0.4) is 0 Å². The van der Waals surface area contributed by atoms with Gasteiger partial charge in [-0.2, -0.15) is 0 Å². The Kier molecular flexibility index (Phi) is 4.67. The molecule has 1 atom stereocenters. The first kappa shape index (κ1) is 13.1. The third-order valence-corrected chi connectivity index (χ3v) is 4.34.